The Labute approximate surface area is 35.2 Å². The summed E-state index contributed by atoms with van der Waals surface area (Å²) in [6, 6.07) is 0. The summed E-state index contributed by atoms with van der Waals surface area (Å²) in [5.41, 5.74) is 0. The zero-order valence-corrected chi connectivity index (χ0v) is 2.69. The molecule has 0 aromatic rings. The van der Waals surface area contributed by atoms with Crippen LogP contribution >= 0.6 is 0 Å². The molecule has 0 rings (SSSR count). The van der Waals surface area contributed by atoms with Crippen LogP contribution in [-0.2, 0) is 17.1 Å². The molecule has 2 N–H and O–H groups in total. The summed E-state index contributed by atoms with van der Waals surface area (Å²) in [5.74, 6) is 0. The van der Waals surface area contributed by atoms with Crippen LogP contribution < -0.4 is 0 Å². The fourth-order valence-corrected chi connectivity index (χ4v) is 0. The first-order valence-corrected chi connectivity index (χ1v) is 0.224. The molecule has 0 aliphatic heterocycles. The average molecular weight is 108 g/mol. The number of hydrogen-bond acceptors (Lipinski definition) is 1. The topological polar surface area (TPSA) is 55.3 Å². The molecule has 0 bridgehead atoms. The van der Waals surface area contributed by atoms with Crippen LogP contribution in [0.25, 0.3) is 0 Å². The largest absolute Gasteiger partial charge is 1.00 e. The van der Waals surface area contributed by atoms with Crippen molar-refractivity contribution in [2.75, 3.05) is 0 Å². The van der Waals surface area contributed by atoms with E-state index in [0.717, 1.165) is 0 Å². The maximum absolute atomic E-state index is 6.25. The minimum atomic E-state index is 0. The molecule has 4 heavy (non-hydrogen) atoms. The Kier molecular flexibility index (Phi) is 115000. The predicted octanol–water partition coefficient (Wildman–Crippen LogP) is -0.731. The molecule has 0 amide bonds. The molecule has 2 nitrogen and oxygen atoms in total. The fourth-order valence-electron chi connectivity index (χ4n) is 0. The monoisotopic (exact) mass is 107 g/mol. The van der Waals surface area contributed by atoms with Crippen LogP contribution in [0.1, 0.15) is 0 Å². The van der Waals surface area contributed by atoms with Gasteiger partial charge in [-0.1, -0.05) is 0 Å². The van der Waals surface area contributed by atoms with E-state index in [2.05, 4.69) is 0 Å². The van der Waals surface area contributed by atoms with Crippen molar-refractivity contribution < 1.29 is 22.5 Å². The zero-order chi connectivity index (χ0) is 2.00. The molecule has 0 saturated heterocycles. The van der Waals surface area contributed by atoms with Crippen molar-refractivity contribution >= 4 is 0 Å². The van der Waals surface area contributed by atoms with Gasteiger partial charge in [0, 0.05) is 0 Å². The molecule has 0 radical (unpaired) electrons. The zero-order valence-electron chi connectivity index (χ0n) is 1.75. The first-order chi connectivity index (χ1) is 1.00. The number of nitrogens with zero attached hydrogens (tertiary/aromatic N) is 1. The van der Waals surface area contributed by atoms with E-state index in [1.165, 1.54) is 0 Å². The molecular weight excluding hydrogens is 106 g/mol. The first kappa shape index (κ1) is 37.2. The molecule has 28 valence electrons. The van der Waals surface area contributed by atoms with Crippen LogP contribution in [0.15, 0.2) is 0 Å². The van der Waals surface area contributed by atoms with Crippen LogP contribution in [0.2, 0.25) is 0 Å². The van der Waals surface area contributed by atoms with Gasteiger partial charge in [0.1, 0.15) is 0 Å². The van der Waals surface area contributed by atoms with Crippen LogP contribution in [0.4, 0.5) is 0 Å². The summed E-state index contributed by atoms with van der Waals surface area (Å²) in [6.45, 7) is 4.75. The Bertz CT molecular complexity index is 12.8. The summed E-state index contributed by atoms with van der Waals surface area (Å²) in [5, 5.41) is 6.25. The van der Waals surface area contributed by atoms with E-state index in [0.29, 0.717) is 0 Å². The Morgan fingerprint density at radius 3 is 1.25 bits per heavy atom. The van der Waals surface area contributed by atoms with Gasteiger partial charge >= 0.3 is 17.1 Å². The molecule has 0 atom stereocenters. The summed E-state index contributed by atoms with van der Waals surface area (Å²) >= 11 is 0. The molecule has 3 heteroatoms. The third-order valence-electron chi connectivity index (χ3n) is 0. The Morgan fingerprint density at radius 1 is 1.25 bits per heavy atom. The van der Waals surface area contributed by atoms with E-state index in [4.69, 9.17) is 11.8 Å². The van der Waals surface area contributed by atoms with E-state index >= 15 is 0 Å². The van der Waals surface area contributed by atoms with Crippen LogP contribution in [0.5, 0.6) is 0 Å². The number of hydrogen-bond donors (Lipinski definition) is 0. The molecule has 0 aliphatic carbocycles. The summed E-state index contributed by atoms with van der Waals surface area (Å²) in [4.78, 5) is 0. The average Bonchev–Trinajstić information content (AvgIpc) is 1.00. The molecule has 0 aliphatic rings. The second kappa shape index (κ2) is 12400. The van der Waals surface area contributed by atoms with Gasteiger partial charge in [-0.25, -0.2) is 0 Å². The van der Waals surface area contributed by atoms with Gasteiger partial charge in [-0.3, -0.25) is 0 Å². The smallest absolute Gasteiger partial charge is 0.512 e. The standard InChI is InChI=1S/CN.Cu.H2O/c1-2;;/h;;1H2/q-1;+1;. The third-order valence-corrected chi connectivity index (χ3v) is 0. The first-order valence-electron chi connectivity index (χ1n) is 0.224. The van der Waals surface area contributed by atoms with Crippen molar-refractivity contribution in [1.29, 1.82) is 5.26 Å². The predicted molar refractivity (Wildman–Crippen MR) is 8.58 cm³/mol. The Morgan fingerprint density at radius 2 is 1.25 bits per heavy atom. The van der Waals surface area contributed by atoms with Gasteiger partial charge in [-0.2, -0.15) is 0 Å². The fraction of sp³-hybridized carbons (Fsp3) is 0. The molecular formula is CH2CuNO. The summed E-state index contributed by atoms with van der Waals surface area (Å²) in [7, 11) is 0. The molecule has 0 spiro atoms. The molecule has 0 aromatic carbocycles. The maximum atomic E-state index is 6.25. The van der Waals surface area contributed by atoms with E-state index in [1.54, 1.807) is 0 Å². The number of rotatable bonds is 0. The van der Waals surface area contributed by atoms with Crippen molar-refractivity contribution in [2.24, 2.45) is 0 Å². The second-order valence-corrected chi connectivity index (χ2v) is 0. The van der Waals surface area contributed by atoms with Gasteiger partial charge in [-0.15, -0.1) is 0 Å². The van der Waals surface area contributed by atoms with Crippen LogP contribution in [0.3, 0.4) is 0 Å². The van der Waals surface area contributed by atoms with Gasteiger partial charge < -0.3 is 17.3 Å². The quantitative estimate of drug-likeness (QED) is 0.297. The third kappa shape index (κ3) is 1990. The van der Waals surface area contributed by atoms with Crippen LogP contribution in [-0.4, -0.2) is 5.48 Å². The van der Waals surface area contributed by atoms with E-state index < -0.39 is 0 Å². The minimum Gasteiger partial charge on any atom is -0.512 e. The van der Waals surface area contributed by atoms with Gasteiger partial charge in [-0.05, 0) is 0 Å². The molecule has 0 heterocycles. The van der Waals surface area contributed by atoms with Gasteiger partial charge in [0.15, 0.2) is 0 Å². The van der Waals surface area contributed by atoms with Crippen molar-refractivity contribution in [3.05, 3.63) is 6.57 Å². The van der Waals surface area contributed by atoms with Crippen molar-refractivity contribution in [3.63, 3.8) is 0 Å². The van der Waals surface area contributed by atoms with Gasteiger partial charge in [0.05, 0.1) is 0 Å². The van der Waals surface area contributed by atoms with Crippen molar-refractivity contribution in [3.8, 4) is 0 Å². The second-order valence-electron chi connectivity index (χ2n) is 0. The SMILES string of the molecule is O.[C-]#N.[Cu+]. The molecule has 0 fully saturated rings. The summed E-state index contributed by atoms with van der Waals surface area (Å²) < 4.78 is 0. The van der Waals surface area contributed by atoms with Crippen LogP contribution in [0, 0.1) is 11.8 Å². The summed E-state index contributed by atoms with van der Waals surface area (Å²) in [6.07, 6.45) is 0. The van der Waals surface area contributed by atoms with E-state index in [-0.39, 0.29) is 22.5 Å². The van der Waals surface area contributed by atoms with E-state index in [9.17, 15) is 0 Å². The van der Waals surface area contributed by atoms with E-state index in [1.807, 2.05) is 0 Å². The Hall–Kier alpha value is -0.0305. The molecule has 0 aromatic heterocycles. The van der Waals surface area contributed by atoms with Gasteiger partial charge in [0.25, 0.3) is 0 Å². The van der Waals surface area contributed by atoms with Crippen molar-refractivity contribution in [1.82, 2.24) is 0 Å². The maximum Gasteiger partial charge on any atom is 1.00 e. The Balaban J connectivity index is -0.00000000500. The molecule has 0 unspecified atom stereocenters. The van der Waals surface area contributed by atoms with Crippen molar-refractivity contribution in [2.45, 2.75) is 0 Å². The minimum absolute atomic E-state index is 0. The van der Waals surface area contributed by atoms with Gasteiger partial charge in [0.2, 0.25) is 0 Å². The normalized spacial score (nSPS) is 0.500. The molecule has 0 saturated carbocycles.